The van der Waals surface area contributed by atoms with E-state index in [9.17, 15) is 9.90 Å². The molecule has 6 heteroatoms. The quantitative estimate of drug-likeness (QED) is 0.293. The van der Waals surface area contributed by atoms with Gasteiger partial charge in [0.25, 0.3) is 0 Å². The second kappa shape index (κ2) is 6.02. The molecule has 0 radical (unpaired) electrons. The minimum atomic E-state index is -1.26. The maximum atomic E-state index is 10.8. The van der Waals surface area contributed by atoms with E-state index in [1.54, 1.807) is 0 Å². The molecule has 0 saturated carbocycles. The van der Waals surface area contributed by atoms with E-state index in [0.29, 0.717) is 19.4 Å². The number of rotatable bonds is 7. The summed E-state index contributed by atoms with van der Waals surface area (Å²) >= 11 is 0. The summed E-state index contributed by atoms with van der Waals surface area (Å²) in [5.74, 6) is -1.08. The van der Waals surface area contributed by atoms with E-state index in [2.05, 4.69) is 0 Å². The second-order valence-electron chi connectivity index (χ2n) is 4.19. The second-order valence-corrected chi connectivity index (χ2v) is 4.19. The smallest absolute Gasteiger partial charge is 0.311 e. The molecule has 0 aromatic heterocycles. The third kappa shape index (κ3) is 4.13. The van der Waals surface area contributed by atoms with Crippen molar-refractivity contribution in [2.24, 2.45) is 11.1 Å². The Balaban J connectivity index is 4.18. The summed E-state index contributed by atoms with van der Waals surface area (Å²) in [6, 6.07) is -0.607. The number of aliphatic hydroxyl groups excluding tert-OH is 1. The maximum Gasteiger partial charge on any atom is 0.311 e. The Morgan fingerprint density at radius 1 is 1.53 bits per heavy atom. The number of carbonyl (C=O) groups is 1. The van der Waals surface area contributed by atoms with Gasteiger partial charge in [-0.2, -0.15) is 0 Å². The highest BCUT2D eigenvalue weighted by Gasteiger charge is 2.38. The van der Waals surface area contributed by atoms with Crippen molar-refractivity contribution in [1.29, 1.82) is 0 Å². The number of carboxylic acids is 1. The SMILES string of the molecule is CC(C)(C(=O)O)[C@@H](O)[C@@H](N)CCCNO. The molecule has 0 aliphatic rings. The average molecular weight is 220 g/mol. The van der Waals surface area contributed by atoms with Crippen molar-refractivity contribution in [3.63, 3.8) is 0 Å². The van der Waals surface area contributed by atoms with Gasteiger partial charge in [-0.3, -0.25) is 4.79 Å². The van der Waals surface area contributed by atoms with E-state index in [1.807, 2.05) is 5.48 Å². The van der Waals surface area contributed by atoms with Crippen LogP contribution in [0.2, 0.25) is 0 Å². The maximum absolute atomic E-state index is 10.8. The van der Waals surface area contributed by atoms with Crippen LogP contribution in [0.4, 0.5) is 0 Å². The summed E-state index contributed by atoms with van der Waals surface area (Å²) in [7, 11) is 0. The molecule has 0 fully saturated rings. The molecule has 0 spiro atoms. The first-order valence-electron chi connectivity index (χ1n) is 4.88. The van der Waals surface area contributed by atoms with Gasteiger partial charge < -0.3 is 21.2 Å². The number of nitrogens with one attached hydrogen (secondary N) is 1. The van der Waals surface area contributed by atoms with Gasteiger partial charge in [0.2, 0.25) is 0 Å². The summed E-state index contributed by atoms with van der Waals surface area (Å²) in [4.78, 5) is 10.8. The molecular weight excluding hydrogens is 200 g/mol. The first-order chi connectivity index (χ1) is 6.84. The summed E-state index contributed by atoms with van der Waals surface area (Å²) < 4.78 is 0. The normalized spacial score (nSPS) is 16.1. The number of hydrogen-bond donors (Lipinski definition) is 5. The molecule has 6 N–H and O–H groups in total. The van der Waals surface area contributed by atoms with Gasteiger partial charge in [-0.05, 0) is 26.7 Å². The first kappa shape index (κ1) is 14.3. The Labute approximate surface area is 89.0 Å². The van der Waals surface area contributed by atoms with Gasteiger partial charge in [0.15, 0.2) is 0 Å². The largest absolute Gasteiger partial charge is 0.481 e. The molecule has 0 aromatic carbocycles. The third-order valence-electron chi connectivity index (χ3n) is 2.52. The number of hydroxylamine groups is 1. The molecule has 0 unspecified atom stereocenters. The monoisotopic (exact) mass is 220 g/mol. The highest BCUT2D eigenvalue weighted by molar-refractivity contribution is 5.74. The van der Waals surface area contributed by atoms with Gasteiger partial charge in [0, 0.05) is 12.6 Å². The summed E-state index contributed by atoms with van der Waals surface area (Å²) in [5.41, 5.74) is 6.37. The molecule has 0 saturated heterocycles. The van der Waals surface area contributed by atoms with Crippen molar-refractivity contribution in [3.05, 3.63) is 0 Å². The lowest BCUT2D eigenvalue weighted by molar-refractivity contribution is -0.154. The molecule has 0 rings (SSSR count). The fourth-order valence-electron chi connectivity index (χ4n) is 1.24. The molecule has 90 valence electrons. The van der Waals surface area contributed by atoms with Crippen molar-refractivity contribution >= 4 is 5.97 Å². The van der Waals surface area contributed by atoms with Crippen LogP contribution in [-0.4, -0.2) is 40.1 Å². The predicted octanol–water partition coefficient (Wildman–Crippen LogP) is -0.456. The number of aliphatic carboxylic acids is 1. The lowest BCUT2D eigenvalue weighted by Crippen LogP contribution is -2.48. The van der Waals surface area contributed by atoms with Crippen LogP contribution in [0.25, 0.3) is 0 Å². The Hall–Kier alpha value is -0.690. The standard InChI is InChI=1S/C9H20N2O4/c1-9(2,8(13)14)7(12)6(10)4-3-5-11-15/h6-7,11-12,15H,3-5,10H2,1-2H3,(H,13,14)/t6-,7-/m0/s1. The first-order valence-corrected chi connectivity index (χ1v) is 4.88. The molecule has 0 heterocycles. The highest BCUT2D eigenvalue weighted by atomic mass is 16.5. The fraction of sp³-hybridized carbons (Fsp3) is 0.889. The van der Waals surface area contributed by atoms with Gasteiger partial charge in [-0.25, -0.2) is 5.48 Å². The van der Waals surface area contributed by atoms with E-state index >= 15 is 0 Å². The van der Waals surface area contributed by atoms with E-state index < -0.39 is 23.5 Å². The van der Waals surface area contributed by atoms with Crippen LogP contribution < -0.4 is 11.2 Å². The van der Waals surface area contributed by atoms with Gasteiger partial charge in [0.1, 0.15) is 0 Å². The van der Waals surface area contributed by atoms with Gasteiger partial charge in [-0.1, -0.05) is 0 Å². The third-order valence-corrected chi connectivity index (χ3v) is 2.52. The Kier molecular flexibility index (Phi) is 5.74. The lowest BCUT2D eigenvalue weighted by atomic mass is 9.81. The number of aliphatic hydroxyl groups is 1. The van der Waals surface area contributed by atoms with E-state index in [-0.39, 0.29) is 0 Å². The molecule has 0 aliphatic heterocycles. The van der Waals surface area contributed by atoms with E-state index in [1.165, 1.54) is 13.8 Å². The average Bonchev–Trinajstić information content (AvgIpc) is 2.16. The van der Waals surface area contributed by atoms with Crippen LogP contribution in [0.1, 0.15) is 26.7 Å². The zero-order chi connectivity index (χ0) is 12.1. The molecule has 2 atom stereocenters. The highest BCUT2D eigenvalue weighted by Crippen LogP contribution is 2.24. The molecule has 0 bridgehead atoms. The summed E-state index contributed by atoms with van der Waals surface area (Å²) in [6.07, 6.45) is -0.0794. The topological polar surface area (TPSA) is 116 Å². The molecule has 0 aliphatic carbocycles. The Bertz CT molecular complexity index is 208. The predicted molar refractivity (Wildman–Crippen MR) is 54.4 cm³/mol. The molecule has 0 aromatic rings. The molecule has 15 heavy (non-hydrogen) atoms. The molecular formula is C9H20N2O4. The van der Waals surface area contributed by atoms with Gasteiger partial charge in [0.05, 0.1) is 11.5 Å². The van der Waals surface area contributed by atoms with Crippen molar-refractivity contribution in [2.45, 2.75) is 38.8 Å². The van der Waals surface area contributed by atoms with E-state index in [4.69, 9.17) is 16.0 Å². The fourth-order valence-corrected chi connectivity index (χ4v) is 1.24. The summed E-state index contributed by atoms with van der Waals surface area (Å²) in [5, 5.41) is 26.9. The van der Waals surface area contributed by atoms with Crippen LogP contribution >= 0.6 is 0 Å². The van der Waals surface area contributed by atoms with Crippen LogP contribution in [0, 0.1) is 5.41 Å². The Morgan fingerprint density at radius 2 is 2.07 bits per heavy atom. The molecule has 6 nitrogen and oxygen atoms in total. The van der Waals surface area contributed by atoms with Crippen LogP contribution in [0.15, 0.2) is 0 Å². The zero-order valence-corrected chi connectivity index (χ0v) is 9.10. The molecule has 0 amide bonds. The van der Waals surface area contributed by atoms with Crippen molar-refractivity contribution in [1.82, 2.24) is 5.48 Å². The van der Waals surface area contributed by atoms with Crippen molar-refractivity contribution in [3.8, 4) is 0 Å². The van der Waals surface area contributed by atoms with Crippen molar-refractivity contribution < 1.29 is 20.2 Å². The summed E-state index contributed by atoms with van der Waals surface area (Å²) in [6.45, 7) is 3.24. The minimum absolute atomic E-state index is 0.369. The number of nitrogens with two attached hydrogens (primary N) is 1. The van der Waals surface area contributed by atoms with Crippen molar-refractivity contribution in [2.75, 3.05) is 6.54 Å². The Morgan fingerprint density at radius 3 is 2.47 bits per heavy atom. The zero-order valence-electron chi connectivity index (χ0n) is 9.10. The van der Waals surface area contributed by atoms with Gasteiger partial charge in [-0.15, -0.1) is 0 Å². The number of hydrogen-bond acceptors (Lipinski definition) is 5. The van der Waals surface area contributed by atoms with Crippen LogP contribution in [0.5, 0.6) is 0 Å². The minimum Gasteiger partial charge on any atom is -0.481 e. The van der Waals surface area contributed by atoms with E-state index in [0.717, 1.165) is 0 Å². The number of carboxylic acid groups (broad SMARTS) is 1. The van der Waals surface area contributed by atoms with Crippen LogP contribution in [-0.2, 0) is 4.79 Å². The van der Waals surface area contributed by atoms with Crippen LogP contribution in [0.3, 0.4) is 0 Å². The lowest BCUT2D eigenvalue weighted by Gasteiger charge is -2.30. The van der Waals surface area contributed by atoms with Gasteiger partial charge >= 0.3 is 5.97 Å².